The van der Waals surface area contributed by atoms with Gasteiger partial charge in [-0.25, -0.2) is 0 Å². The summed E-state index contributed by atoms with van der Waals surface area (Å²) in [4.78, 5) is 14.6. The zero-order chi connectivity index (χ0) is 14.7. The summed E-state index contributed by atoms with van der Waals surface area (Å²) in [5.74, 6) is 0.0378. The fraction of sp³-hybridized carbons (Fsp3) is 0.533. The predicted molar refractivity (Wildman–Crippen MR) is 85.5 cm³/mol. The number of rotatable bonds is 4. The standard InChI is InChI=1S/C15H20N4OS/c1-2-11-6-3-4-9-19(11)10-14(20)16-12-7-5-8-13-15(12)18-21-17-13/h5,7-8,11H,2-4,6,9-10H2,1H3,(H,16,20). The van der Waals surface area contributed by atoms with Gasteiger partial charge in [0.25, 0.3) is 0 Å². The van der Waals surface area contributed by atoms with Crippen molar-refractivity contribution >= 4 is 34.4 Å². The highest BCUT2D eigenvalue weighted by atomic mass is 32.1. The van der Waals surface area contributed by atoms with Crippen molar-refractivity contribution in [1.82, 2.24) is 13.6 Å². The first-order valence-corrected chi connectivity index (χ1v) is 8.26. The number of aromatic nitrogens is 2. The molecule has 1 aromatic carbocycles. The fourth-order valence-corrected chi connectivity index (χ4v) is 3.56. The summed E-state index contributed by atoms with van der Waals surface area (Å²) in [6.45, 7) is 3.68. The zero-order valence-corrected chi connectivity index (χ0v) is 13.0. The largest absolute Gasteiger partial charge is 0.323 e. The van der Waals surface area contributed by atoms with Crippen molar-refractivity contribution in [2.24, 2.45) is 0 Å². The summed E-state index contributed by atoms with van der Waals surface area (Å²) in [7, 11) is 0. The van der Waals surface area contributed by atoms with Crippen molar-refractivity contribution in [3.63, 3.8) is 0 Å². The molecule has 1 aromatic heterocycles. The van der Waals surface area contributed by atoms with Crippen molar-refractivity contribution in [3.8, 4) is 0 Å². The summed E-state index contributed by atoms with van der Waals surface area (Å²) in [5.41, 5.74) is 2.38. The molecule has 112 valence electrons. The lowest BCUT2D eigenvalue weighted by atomic mass is 10.00. The van der Waals surface area contributed by atoms with Crippen molar-refractivity contribution in [3.05, 3.63) is 18.2 Å². The quantitative estimate of drug-likeness (QED) is 0.943. The molecule has 1 fully saturated rings. The molecule has 1 N–H and O–H groups in total. The molecule has 0 aliphatic carbocycles. The van der Waals surface area contributed by atoms with Gasteiger partial charge >= 0.3 is 0 Å². The third-order valence-electron chi connectivity index (χ3n) is 4.13. The van der Waals surface area contributed by atoms with Crippen LogP contribution in [0.4, 0.5) is 5.69 Å². The smallest absolute Gasteiger partial charge is 0.238 e. The molecular formula is C15H20N4OS. The molecule has 0 bridgehead atoms. The van der Waals surface area contributed by atoms with E-state index in [0.717, 1.165) is 29.7 Å². The molecule has 0 spiro atoms. The zero-order valence-electron chi connectivity index (χ0n) is 12.2. The maximum Gasteiger partial charge on any atom is 0.238 e. The molecule has 3 rings (SSSR count). The average molecular weight is 304 g/mol. The highest BCUT2D eigenvalue weighted by Gasteiger charge is 2.23. The lowest BCUT2D eigenvalue weighted by molar-refractivity contribution is -0.118. The van der Waals surface area contributed by atoms with Crippen LogP contribution in [0, 0.1) is 0 Å². The summed E-state index contributed by atoms with van der Waals surface area (Å²) >= 11 is 1.17. The van der Waals surface area contributed by atoms with Crippen LogP contribution in [0.2, 0.25) is 0 Å². The van der Waals surface area contributed by atoms with Crippen LogP contribution in [0.15, 0.2) is 18.2 Å². The molecule has 0 saturated carbocycles. The molecule has 21 heavy (non-hydrogen) atoms. The van der Waals surface area contributed by atoms with E-state index >= 15 is 0 Å². The van der Waals surface area contributed by atoms with Crippen LogP contribution in [0.1, 0.15) is 32.6 Å². The first kappa shape index (κ1) is 14.4. The highest BCUT2D eigenvalue weighted by molar-refractivity contribution is 7.00. The minimum Gasteiger partial charge on any atom is -0.323 e. The monoisotopic (exact) mass is 304 g/mol. The molecule has 1 amide bonds. The topological polar surface area (TPSA) is 58.1 Å². The van der Waals surface area contributed by atoms with E-state index in [2.05, 4.69) is 25.9 Å². The molecular weight excluding hydrogens is 284 g/mol. The van der Waals surface area contributed by atoms with E-state index in [1.807, 2.05) is 18.2 Å². The molecule has 2 aromatic rings. The van der Waals surface area contributed by atoms with Gasteiger partial charge in [-0.1, -0.05) is 19.4 Å². The molecule has 5 nitrogen and oxygen atoms in total. The van der Waals surface area contributed by atoms with Crippen molar-refractivity contribution in [2.75, 3.05) is 18.4 Å². The van der Waals surface area contributed by atoms with Gasteiger partial charge in [-0.3, -0.25) is 9.69 Å². The number of hydrogen-bond donors (Lipinski definition) is 1. The lowest BCUT2D eigenvalue weighted by Crippen LogP contribution is -2.43. The normalized spacial score (nSPS) is 19.8. The third-order valence-corrected chi connectivity index (χ3v) is 4.67. The Labute approximate surface area is 128 Å². The Balaban J connectivity index is 1.67. The average Bonchev–Trinajstić information content (AvgIpc) is 2.97. The van der Waals surface area contributed by atoms with E-state index in [9.17, 15) is 4.79 Å². The Morgan fingerprint density at radius 3 is 3.19 bits per heavy atom. The van der Waals surface area contributed by atoms with Gasteiger partial charge in [-0.05, 0) is 37.9 Å². The maximum atomic E-state index is 12.3. The van der Waals surface area contributed by atoms with E-state index in [1.165, 1.54) is 31.0 Å². The molecule has 1 unspecified atom stereocenters. The molecule has 6 heteroatoms. The Morgan fingerprint density at radius 2 is 2.33 bits per heavy atom. The summed E-state index contributed by atoms with van der Waals surface area (Å²) < 4.78 is 8.45. The Morgan fingerprint density at radius 1 is 1.43 bits per heavy atom. The molecule has 1 aliphatic rings. The number of amides is 1. The first-order chi connectivity index (χ1) is 10.3. The molecule has 0 radical (unpaired) electrons. The highest BCUT2D eigenvalue weighted by Crippen LogP contribution is 2.22. The van der Waals surface area contributed by atoms with Gasteiger partial charge in [0.05, 0.1) is 24.0 Å². The summed E-state index contributed by atoms with van der Waals surface area (Å²) in [5, 5.41) is 2.99. The van der Waals surface area contributed by atoms with Gasteiger partial charge in [0.1, 0.15) is 11.0 Å². The van der Waals surface area contributed by atoms with Crippen LogP contribution < -0.4 is 5.32 Å². The van der Waals surface area contributed by atoms with Crippen LogP contribution in [-0.4, -0.2) is 38.7 Å². The maximum absolute atomic E-state index is 12.3. The van der Waals surface area contributed by atoms with Gasteiger partial charge in [-0.15, -0.1) is 0 Å². The molecule has 2 heterocycles. The minimum absolute atomic E-state index is 0.0378. The third kappa shape index (κ3) is 3.22. The van der Waals surface area contributed by atoms with Crippen molar-refractivity contribution in [1.29, 1.82) is 0 Å². The molecule has 1 atom stereocenters. The number of benzene rings is 1. The van der Waals surface area contributed by atoms with Crippen LogP contribution in [-0.2, 0) is 4.79 Å². The second-order valence-corrected chi connectivity index (χ2v) is 6.04. The Hall–Kier alpha value is -1.53. The number of nitrogens with zero attached hydrogens (tertiary/aromatic N) is 3. The number of carbonyl (C=O) groups excluding carboxylic acids is 1. The lowest BCUT2D eigenvalue weighted by Gasteiger charge is -2.34. The number of piperidine rings is 1. The number of anilines is 1. The first-order valence-electron chi connectivity index (χ1n) is 7.53. The van der Waals surface area contributed by atoms with Crippen LogP contribution in [0.25, 0.3) is 11.0 Å². The van der Waals surface area contributed by atoms with E-state index < -0.39 is 0 Å². The van der Waals surface area contributed by atoms with E-state index in [4.69, 9.17) is 0 Å². The van der Waals surface area contributed by atoms with Gasteiger partial charge in [0.2, 0.25) is 5.91 Å². The number of nitrogens with one attached hydrogen (secondary N) is 1. The minimum atomic E-state index is 0.0378. The second-order valence-electron chi connectivity index (χ2n) is 5.51. The number of hydrogen-bond acceptors (Lipinski definition) is 5. The number of likely N-dealkylation sites (tertiary alicyclic amines) is 1. The fourth-order valence-electron chi connectivity index (χ4n) is 3.01. The summed E-state index contributed by atoms with van der Waals surface area (Å²) in [6.07, 6.45) is 4.78. The molecule has 1 saturated heterocycles. The van der Waals surface area contributed by atoms with Crippen LogP contribution >= 0.6 is 11.7 Å². The summed E-state index contributed by atoms with van der Waals surface area (Å²) in [6, 6.07) is 6.23. The molecule has 1 aliphatic heterocycles. The van der Waals surface area contributed by atoms with E-state index in [0.29, 0.717) is 12.6 Å². The second kappa shape index (κ2) is 6.49. The predicted octanol–water partition coefficient (Wildman–Crippen LogP) is 2.89. The van der Waals surface area contributed by atoms with Crippen molar-refractivity contribution in [2.45, 2.75) is 38.6 Å². The SMILES string of the molecule is CCC1CCCCN1CC(=O)Nc1cccc2nsnc12. The Bertz CT molecular complexity index is 627. The van der Waals surface area contributed by atoms with Crippen LogP contribution in [0.3, 0.4) is 0 Å². The van der Waals surface area contributed by atoms with Gasteiger partial charge in [0.15, 0.2) is 0 Å². The van der Waals surface area contributed by atoms with Crippen molar-refractivity contribution < 1.29 is 4.79 Å². The van der Waals surface area contributed by atoms with Gasteiger partial charge in [0, 0.05) is 6.04 Å². The van der Waals surface area contributed by atoms with Gasteiger partial charge in [-0.2, -0.15) is 8.75 Å². The van der Waals surface area contributed by atoms with E-state index in [1.54, 1.807) is 0 Å². The Kier molecular flexibility index (Phi) is 4.45. The number of carbonyl (C=O) groups is 1. The van der Waals surface area contributed by atoms with E-state index in [-0.39, 0.29) is 5.91 Å². The number of fused-ring (bicyclic) bond motifs is 1. The van der Waals surface area contributed by atoms with Gasteiger partial charge < -0.3 is 5.32 Å². The van der Waals surface area contributed by atoms with Crippen LogP contribution in [0.5, 0.6) is 0 Å².